The molecule has 15 N–H and O–H groups in total. The fourth-order valence-electron chi connectivity index (χ4n) is 10.3. The van der Waals surface area contributed by atoms with Gasteiger partial charge in [-0.05, 0) is 69.2 Å². The first kappa shape index (κ1) is 74.3. The topological polar surface area (TPSA) is 371 Å². The van der Waals surface area contributed by atoms with Gasteiger partial charge < -0.3 is 69.4 Å². The SMILES string of the molecule is CCCCCCCCCCCCCCCCCC(=O)NCCCNC(=O)/C=N/NCC(=O)N[C@@H](CCCC)C(=O)N[C@@H](C)C(=O)N[C@@H](Cc1cnc[nH]1)C(=O)N[C@H](Cc1ccccc1)C(=O)N[C@@H](CCCCN)C(=O)N[C@@H](Cc1c[nH]c2ccccc12)C(N)=O. The summed E-state index contributed by atoms with van der Waals surface area (Å²) >= 11 is 0. The highest BCUT2D eigenvalue weighted by Crippen LogP contribution is 2.20. The van der Waals surface area contributed by atoms with Crippen LogP contribution in [0.3, 0.4) is 0 Å². The molecule has 0 aliphatic heterocycles. The van der Waals surface area contributed by atoms with Gasteiger partial charge >= 0.3 is 0 Å². The number of H-pyrrole nitrogens is 2. The van der Waals surface area contributed by atoms with Gasteiger partial charge in [0.25, 0.3) is 5.91 Å². The molecule has 24 heteroatoms. The summed E-state index contributed by atoms with van der Waals surface area (Å²) in [6.45, 7) is 6.26. The Morgan fingerprint density at radius 3 is 1.74 bits per heavy atom. The molecule has 24 nitrogen and oxygen atoms in total. The second-order valence-electron chi connectivity index (χ2n) is 23.2. The number of aromatic amines is 2. The van der Waals surface area contributed by atoms with Gasteiger partial charge in [0.15, 0.2) is 0 Å². The monoisotopic (exact) mass is 1250 g/mol. The number of nitrogens with two attached hydrogens (primary N) is 2. The van der Waals surface area contributed by atoms with E-state index >= 15 is 0 Å². The van der Waals surface area contributed by atoms with E-state index in [1.807, 2.05) is 31.2 Å². The molecule has 0 aliphatic carbocycles. The normalized spacial score (nSPS) is 13.2. The summed E-state index contributed by atoms with van der Waals surface area (Å²) in [7, 11) is 0. The van der Waals surface area contributed by atoms with Crippen LogP contribution < -0.4 is 59.4 Å². The third-order valence-corrected chi connectivity index (χ3v) is 15.6. The molecule has 2 aromatic carbocycles. The highest BCUT2D eigenvalue weighted by atomic mass is 16.2. The van der Waals surface area contributed by atoms with Crippen molar-refractivity contribution in [2.75, 3.05) is 26.2 Å². The zero-order chi connectivity index (χ0) is 65.1. The molecule has 0 fully saturated rings. The van der Waals surface area contributed by atoms with Gasteiger partial charge in [-0.25, -0.2) is 4.98 Å². The number of carbonyl (C=O) groups is 9. The van der Waals surface area contributed by atoms with Crippen LogP contribution in [0.5, 0.6) is 0 Å². The highest BCUT2D eigenvalue weighted by Gasteiger charge is 2.33. The third kappa shape index (κ3) is 30.4. The van der Waals surface area contributed by atoms with E-state index < -0.39 is 83.5 Å². The Labute approximate surface area is 531 Å². The summed E-state index contributed by atoms with van der Waals surface area (Å²) in [6.07, 6.45) is 28.1. The van der Waals surface area contributed by atoms with Crippen molar-refractivity contribution in [2.45, 2.75) is 224 Å². The first-order valence-electron chi connectivity index (χ1n) is 32.8. The zero-order valence-electron chi connectivity index (χ0n) is 53.4. The number of carbonyl (C=O) groups excluding carboxylic acids is 9. The second kappa shape index (κ2) is 44.3. The van der Waals surface area contributed by atoms with E-state index in [1.54, 1.807) is 36.5 Å². The van der Waals surface area contributed by atoms with E-state index in [0.29, 0.717) is 69.4 Å². The molecular weight excluding hydrogens is 1150 g/mol. The number of para-hydroxylation sites is 1. The number of hydrogen-bond acceptors (Lipinski definition) is 13. The first-order valence-corrected chi connectivity index (χ1v) is 32.8. The second-order valence-corrected chi connectivity index (χ2v) is 23.2. The van der Waals surface area contributed by atoms with Crippen LogP contribution in [0, 0.1) is 0 Å². The minimum absolute atomic E-state index is 0.00102. The molecule has 2 aromatic heterocycles. The number of primary amides is 1. The zero-order valence-corrected chi connectivity index (χ0v) is 53.4. The van der Waals surface area contributed by atoms with Gasteiger partial charge in [-0.3, -0.25) is 43.2 Å². The van der Waals surface area contributed by atoms with Crippen LogP contribution in [-0.4, -0.2) is 137 Å². The Hall–Kier alpha value is -8.15. The summed E-state index contributed by atoms with van der Waals surface area (Å²) in [6, 6.07) is 9.14. The minimum Gasteiger partial charge on any atom is -0.368 e. The van der Waals surface area contributed by atoms with E-state index in [-0.39, 0.29) is 44.6 Å². The van der Waals surface area contributed by atoms with Crippen LogP contribution in [0.25, 0.3) is 10.9 Å². The van der Waals surface area contributed by atoms with Gasteiger partial charge in [0.2, 0.25) is 47.3 Å². The molecule has 0 radical (unpaired) electrons. The number of aromatic nitrogens is 3. The number of unbranched alkanes of at least 4 members (excludes halogenated alkanes) is 16. The molecular formula is C66H103N15O9. The maximum atomic E-state index is 14.5. The maximum absolute atomic E-state index is 14.5. The van der Waals surface area contributed by atoms with Crippen LogP contribution in [0.1, 0.15) is 185 Å². The van der Waals surface area contributed by atoms with Gasteiger partial charge in [0.1, 0.15) is 49.0 Å². The lowest BCUT2D eigenvalue weighted by molar-refractivity contribution is -0.135. The van der Waals surface area contributed by atoms with Crippen molar-refractivity contribution in [3.05, 3.63) is 90.1 Å². The van der Waals surface area contributed by atoms with E-state index in [1.165, 1.54) is 96.5 Å². The molecule has 0 unspecified atom stereocenters. The summed E-state index contributed by atoms with van der Waals surface area (Å²) in [5.74, 6) is -5.47. The molecule has 2 heterocycles. The number of nitrogens with zero attached hydrogens (tertiary/aromatic N) is 2. The van der Waals surface area contributed by atoms with Crippen molar-refractivity contribution in [1.29, 1.82) is 0 Å². The van der Waals surface area contributed by atoms with Crippen molar-refractivity contribution in [3.8, 4) is 0 Å². The molecule has 0 spiro atoms. The Balaban J connectivity index is 1.25. The van der Waals surface area contributed by atoms with Crippen LogP contribution in [0.15, 0.2) is 78.4 Å². The lowest BCUT2D eigenvalue weighted by Crippen LogP contribution is -2.60. The van der Waals surface area contributed by atoms with Crippen molar-refractivity contribution in [3.63, 3.8) is 0 Å². The average Bonchev–Trinajstić information content (AvgIpc) is 1.80. The summed E-state index contributed by atoms with van der Waals surface area (Å²) < 4.78 is 0. The average molecular weight is 1250 g/mol. The molecule has 0 saturated heterocycles. The predicted molar refractivity (Wildman–Crippen MR) is 350 cm³/mol. The number of imidazole rings is 1. The number of benzene rings is 2. The van der Waals surface area contributed by atoms with Gasteiger partial charge in [0.05, 0.1) is 6.33 Å². The van der Waals surface area contributed by atoms with E-state index in [2.05, 4.69) is 74.9 Å². The number of nitrogens with one attached hydrogen (secondary N) is 11. The number of hydrogen-bond donors (Lipinski definition) is 13. The molecule has 496 valence electrons. The summed E-state index contributed by atoms with van der Waals surface area (Å²) in [4.78, 5) is 131. The van der Waals surface area contributed by atoms with Gasteiger partial charge in [-0.15, -0.1) is 0 Å². The Bertz CT molecular complexity index is 2790. The fraction of sp³-hybridized carbons (Fsp3) is 0.591. The van der Waals surface area contributed by atoms with Crippen LogP contribution in [-0.2, 0) is 62.4 Å². The lowest BCUT2D eigenvalue weighted by Gasteiger charge is -2.27. The third-order valence-electron chi connectivity index (χ3n) is 15.6. The molecule has 6 atom stereocenters. The van der Waals surface area contributed by atoms with Crippen LogP contribution >= 0.6 is 0 Å². The Morgan fingerprint density at radius 2 is 1.10 bits per heavy atom. The smallest absolute Gasteiger partial charge is 0.264 e. The van der Waals surface area contributed by atoms with Crippen molar-refractivity contribution in [2.24, 2.45) is 16.6 Å². The molecule has 0 saturated carbocycles. The maximum Gasteiger partial charge on any atom is 0.264 e. The Kier molecular flexibility index (Phi) is 36.6. The van der Waals surface area contributed by atoms with Crippen LogP contribution in [0.4, 0.5) is 0 Å². The Morgan fingerprint density at radius 1 is 0.544 bits per heavy atom. The number of amides is 9. The standard InChI is InChI=1S/C66H103N15O9/c1-4-6-8-9-10-11-12-13-14-15-16-17-18-19-23-35-58(82)70-37-28-38-71-59(83)44-74-75-45-60(84)77-53(32-7-5-2)63(87)76-47(3)62(86)80-57(41-50-43-69-46-73-50)66(90)81-56(39-48-29-21-20-22-30-48)65(89)78-54(34-26-27-36-67)64(88)79-55(61(68)85)40-49-42-72-52-33-25-24-31-51(49)52/h20-22,24-25,29-31,33,42-44,46-47,53-57,72,75H,4-19,23,26-28,32,34-41,45,67H2,1-3H3,(H2,68,85)(H,69,73)(H,70,82)(H,71,83)(H,76,87)(H,77,84)(H,78,89)(H,79,88)(H,80,86)(H,81,90)/b74-44+/t47-,53-,54-,55-,56+,57-/m0/s1. The molecule has 4 aromatic rings. The van der Waals surface area contributed by atoms with Crippen molar-refractivity contribution >= 4 is 70.3 Å². The van der Waals surface area contributed by atoms with Gasteiger partial charge in [-0.1, -0.05) is 165 Å². The quantitative estimate of drug-likeness (QED) is 0.0156. The summed E-state index contributed by atoms with van der Waals surface area (Å²) in [5, 5.41) is 26.6. The van der Waals surface area contributed by atoms with Gasteiger partial charge in [-0.2, -0.15) is 5.10 Å². The first-order chi connectivity index (χ1) is 43.6. The van der Waals surface area contributed by atoms with E-state index in [0.717, 1.165) is 41.9 Å². The van der Waals surface area contributed by atoms with Crippen molar-refractivity contribution in [1.82, 2.24) is 62.9 Å². The molecule has 0 aliphatic rings. The molecule has 90 heavy (non-hydrogen) atoms. The van der Waals surface area contributed by atoms with E-state index in [9.17, 15) is 43.2 Å². The fourth-order valence-corrected chi connectivity index (χ4v) is 10.3. The number of fused-ring (bicyclic) bond motifs is 1. The predicted octanol–water partition coefficient (Wildman–Crippen LogP) is 5.11. The lowest BCUT2D eigenvalue weighted by atomic mass is 10.0. The van der Waals surface area contributed by atoms with E-state index in [4.69, 9.17) is 11.5 Å². The summed E-state index contributed by atoms with van der Waals surface area (Å²) in [5.41, 5.74) is 16.9. The van der Waals surface area contributed by atoms with Crippen LogP contribution in [0.2, 0.25) is 0 Å². The highest BCUT2D eigenvalue weighted by molar-refractivity contribution is 6.26. The minimum atomic E-state index is -1.33. The molecule has 9 amide bonds. The van der Waals surface area contributed by atoms with Gasteiger partial charge in [0, 0.05) is 67.8 Å². The molecule has 4 rings (SSSR count). The largest absolute Gasteiger partial charge is 0.368 e. The number of rotatable bonds is 49. The number of hydrazone groups is 1. The van der Waals surface area contributed by atoms with Crippen molar-refractivity contribution < 1.29 is 43.2 Å². The molecule has 0 bridgehead atoms.